The maximum Gasteiger partial charge on any atom is 0.307 e. The molecular weight excluding hydrogens is 360 g/mol. The predicted octanol–water partition coefficient (Wildman–Crippen LogP) is 6.82. The zero-order valence-electron chi connectivity index (χ0n) is 15.3. The third-order valence-electron chi connectivity index (χ3n) is 5.65. The number of nitrogens with zero attached hydrogens (tertiary/aromatic N) is 2. The Kier molecular flexibility index (Phi) is 2.71. The van der Waals surface area contributed by atoms with Gasteiger partial charge in [-0.1, -0.05) is 48.5 Å². The fraction of sp³-hybridized carbons (Fsp3) is 0. The van der Waals surface area contributed by atoms with Gasteiger partial charge in [-0.15, -0.1) is 0 Å². The fourth-order valence-electron chi connectivity index (χ4n) is 4.42. The summed E-state index contributed by atoms with van der Waals surface area (Å²) in [6, 6.07) is 29.1. The highest BCUT2D eigenvalue weighted by Crippen LogP contribution is 2.40. The third-order valence-corrected chi connectivity index (χ3v) is 5.65. The molecule has 0 aliphatic rings. The van der Waals surface area contributed by atoms with Crippen molar-refractivity contribution >= 4 is 54.8 Å². The van der Waals surface area contributed by atoms with Gasteiger partial charge < -0.3 is 8.83 Å². The molecule has 7 rings (SSSR count). The van der Waals surface area contributed by atoms with Gasteiger partial charge in [0.1, 0.15) is 16.7 Å². The van der Waals surface area contributed by atoms with Crippen molar-refractivity contribution < 1.29 is 8.83 Å². The van der Waals surface area contributed by atoms with Crippen molar-refractivity contribution in [3.8, 4) is 6.01 Å². The molecule has 0 N–H and O–H groups in total. The first kappa shape index (κ1) is 14.9. The molecule has 7 aromatic rings. The number of benzene rings is 4. The minimum atomic E-state index is 0.565. The standard InChI is InChI=1S/C25H14N2O2/c1-4-10-19-15(7-1)16-13-14-22-23(17-8-2-5-11-20(17)28-22)24(16)27(19)25-26-18-9-3-6-12-21(18)29-25/h1-14H. The predicted molar refractivity (Wildman–Crippen MR) is 116 cm³/mol. The molecule has 0 aliphatic carbocycles. The average molecular weight is 374 g/mol. The van der Waals surface area contributed by atoms with Crippen LogP contribution in [0.1, 0.15) is 0 Å². The average Bonchev–Trinajstić information content (AvgIpc) is 3.44. The lowest BCUT2D eigenvalue weighted by atomic mass is 10.1. The molecule has 4 nitrogen and oxygen atoms in total. The van der Waals surface area contributed by atoms with Crippen molar-refractivity contribution in [2.24, 2.45) is 0 Å². The van der Waals surface area contributed by atoms with E-state index in [-0.39, 0.29) is 0 Å². The highest BCUT2D eigenvalue weighted by Gasteiger charge is 2.21. The van der Waals surface area contributed by atoms with Crippen LogP contribution in [0.25, 0.3) is 60.9 Å². The molecule has 136 valence electrons. The first-order valence-electron chi connectivity index (χ1n) is 9.58. The summed E-state index contributed by atoms with van der Waals surface area (Å²) in [7, 11) is 0. The van der Waals surface area contributed by atoms with Crippen molar-refractivity contribution in [3.05, 3.63) is 84.9 Å². The Morgan fingerprint density at radius 1 is 0.586 bits per heavy atom. The summed E-state index contributed by atoms with van der Waals surface area (Å²) in [6.45, 7) is 0. The van der Waals surface area contributed by atoms with Crippen molar-refractivity contribution in [2.75, 3.05) is 0 Å². The van der Waals surface area contributed by atoms with Crippen LogP contribution in [0.4, 0.5) is 0 Å². The molecule has 0 unspecified atom stereocenters. The van der Waals surface area contributed by atoms with E-state index in [0.29, 0.717) is 6.01 Å². The quantitative estimate of drug-likeness (QED) is 0.316. The molecule has 0 spiro atoms. The molecule has 0 atom stereocenters. The maximum atomic E-state index is 6.19. The van der Waals surface area contributed by atoms with Crippen LogP contribution in [0, 0.1) is 0 Å². The summed E-state index contributed by atoms with van der Waals surface area (Å²) in [4.78, 5) is 4.79. The number of furan rings is 1. The minimum absolute atomic E-state index is 0.565. The number of hydrogen-bond donors (Lipinski definition) is 0. The molecule has 0 saturated heterocycles. The Hall–Kier alpha value is -4.05. The number of hydrogen-bond acceptors (Lipinski definition) is 3. The van der Waals surface area contributed by atoms with Crippen LogP contribution >= 0.6 is 0 Å². The normalized spacial score (nSPS) is 12.1. The van der Waals surface area contributed by atoms with Gasteiger partial charge in [0.15, 0.2) is 5.58 Å². The molecule has 0 saturated carbocycles. The van der Waals surface area contributed by atoms with E-state index in [4.69, 9.17) is 13.8 Å². The Labute approximate surface area is 164 Å². The molecule has 29 heavy (non-hydrogen) atoms. The van der Waals surface area contributed by atoms with Crippen LogP contribution < -0.4 is 0 Å². The summed E-state index contributed by atoms with van der Waals surface area (Å²) in [5.74, 6) is 0. The lowest BCUT2D eigenvalue weighted by Crippen LogP contribution is -1.94. The van der Waals surface area contributed by atoms with Gasteiger partial charge in [0.05, 0.1) is 16.4 Å². The summed E-state index contributed by atoms with van der Waals surface area (Å²) < 4.78 is 14.4. The summed E-state index contributed by atoms with van der Waals surface area (Å²) in [5.41, 5.74) is 5.48. The minimum Gasteiger partial charge on any atom is -0.456 e. The second kappa shape index (κ2) is 5.26. The summed E-state index contributed by atoms with van der Waals surface area (Å²) in [6.07, 6.45) is 0. The second-order valence-electron chi connectivity index (χ2n) is 7.25. The molecule has 0 bridgehead atoms. The molecule has 3 aromatic heterocycles. The molecule has 4 aromatic carbocycles. The van der Waals surface area contributed by atoms with Crippen molar-refractivity contribution in [1.29, 1.82) is 0 Å². The van der Waals surface area contributed by atoms with Crippen molar-refractivity contribution in [3.63, 3.8) is 0 Å². The van der Waals surface area contributed by atoms with E-state index in [9.17, 15) is 0 Å². The van der Waals surface area contributed by atoms with E-state index < -0.39 is 0 Å². The topological polar surface area (TPSA) is 44.1 Å². The zero-order chi connectivity index (χ0) is 18.9. The van der Waals surface area contributed by atoms with Crippen LogP contribution in [0.15, 0.2) is 93.8 Å². The van der Waals surface area contributed by atoms with Gasteiger partial charge in [-0.05, 0) is 36.4 Å². The van der Waals surface area contributed by atoms with Crippen LogP contribution in [0.3, 0.4) is 0 Å². The SMILES string of the molecule is c1ccc2oc(-n3c4ccccc4c4ccc5oc6ccccc6c5c43)nc2c1. The lowest BCUT2D eigenvalue weighted by Gasteiger charge is -2.03. The first-order chi connectivity index (χ1) is 14.4. The van der Waals surface area contributed by atoms with E-state index in [0.717, 1.165) is 54.8 Å². The summed E-state index contributed by atoms with van der Waals surface area (Å²) in [5, 5.41) is 4.49. The summed E-state index contributed by atoms with van der Waals surface area (Å²) >= 11 is 0. The molecule has 0 fully saturated rings. The van der Waals surface area contributed by atoms with Gasteiger partial charge in [0.25, 0.3) is 0 Å². The van der Waals surface area contributed by atoms with Crippen molar-refractivity contribution in [1.82, 2.24) is 9.55 Å². The molecule has 0 radical (unpaired) electrons. The number of para-hydroxylation sites is 4. The number of oxazole rings is 1. The van der Waals surface area contributed by atoms with Gasteiger partial charge in [0.2, 0.25) is 0 Å². The molecular formula is C25H14N2O2. The van der Waals surface area contributed by atoms with E-state index >= 15 is 0 Å². The Bertz CT molecular complexity index is 1680. The van der Waals surface area contributed by atoms with E-state index in [1.807, 2.05) is 48.5 Å². The Balaban J connectivity index is 1.76. The number of aromatic nitrogens is 2. The van der Waals surface area contributed by atoms with Crippen LogP contribution in [-0.2, 0) is 0 Å². The second-order valence-corrected chi connectivity index (χ2v) is 7.25. The lowest BCUT2D eigenvalue weighted by molar-refractivity contribution is 0.574. The molecule has 3 heterocycles. The van der Waals surface area contributed by atoms with E-state index in [1.165, 1.54) is 0 Å². The largest absolute Gasteiger partial charge is 0.456 e. The van der Waals surface area contributed by atoms with Crippen LogP contribution in [-0.4, -0.2) is 9.55 Å². The maximum absolute atomic E-state index is 6.19. The smallest absolute Gasteiger partial charge is 0.307 e. The molecule has 0 amide bonds. The van der Waals surface area contributed by atoms with Crippen LogP contribution in [0.5, 0.6) is 0 Å². The monoisotopic (exact) mass is 374 g/mol. The van der Waals surface area contributed by atoms with Gasteiger partial charge in [0, 0.05) is 16.2 Å². The van der Waals surface area contributed by atoms with Gasteiger partial charge in [-0.3, -0.25) is 4.57 Å². The van der Waals surface area contributed by atoms with Crippen LogP contribution in [0.2, 0.25) is 0 Å². The van der Waals surface area contributed by atoms with E-state index in [1.54, 1.807) is 0 Å². The van der Waals surface area contributed by atoms with E-state index in [2.05, 4.69) is 41.0 Å². The molecule has 0 aliphatic heterocycles. The first-order valence-corrected chi connectivity index (χ1v) is 9.58. The van der Waals surface area contributed by atoms with Gasteiger partial charge in [-0.2, -0.15) is 4.98 Å². The Morgan fingerprint density at radius 2 is 1.34 bits per heavy atom. The highest BCUT2D eigenvalue weighted by molar-refractivity contribution is 6.24. The van der Waals surface area contributed by atoms with Gasteiger partial charge in [-0.25, -0.2) is 0 Å². The zero-order valence-corrected chi connectivity index (χ0v) is 15.3. The highest BCUT2D eigenvalue weighted by atomic mass is 16.4. The third kappa shape index (κ3) is 1.90. The number of fused-ring (bicyclic) bond motifs is 8. The Morgan fingerprint density at radius 3 is 2.24 bits per heavy atom. The van der Waals surface area contributed by atoms with Gasteiger partial charge >= 0.3 is 6.01 Å². The van der Waals surface area contributed by atoms with Crippen molar-refractivity contribution in [2.45, 2.75) is 0 Å². The molecule has 4 heteroatoms. The number of rotatable bonds is 1. The fourth-order valence-corrected chi connectivity index (χ4v) is 4.42.